The minimum Gasteiger partial charge on any atom is -0.756 e. The lowest BCUT2D eigenvalue weighted by atomic mass is 10.0. The molecule has 3 unspecified atom stereocenters. The molecule has 0 spiro atoms. The zero-order chi connectivity index (χ0) is 60.0. The third-order valence-electron chi connectivity index (χ3n) is 15.7. The van der Waals surface area contributed by atoms with Gasteiger partial charge in [0.2, 0.25) is 5.91 Å². The second-order valence-corrected chi connectivity index (χ2v) is 26.5. The summed E-state index contributed by atoms with van der Waals surface area (Å²) in [5.74, 6) is -0.540. The Morgan fingerprint density at radius 1 is 0.427 bits per heavy atom. The second kappa shape index (κ2) is 61.8. The SMILES string of the molecule is CCCCC/C=C\C/C=C\C/C=C\C/C=C\CCCCCCCCCC(=O)NC(COP(=O)([O-])OCC[N+](C)(C)C)C(/C=C/CCCCCCCCCCCC)OC(=O)CCCCCCCCCCCCCCCCCCCCCCC. The van der Waals surface area contributed by atoms with Gasteiger partial charge in [0.15, 0.2) is 0 Å². The highest BCUT2D eigenvalue weighted by molar-refractivity contribution is 7.45. The van der Waals surface area contributed by atoms with Crippen LogP contribution in [0.25, 0.3) is 0 Å². The van der Waals surface area contributed by atoms with Crippen molar-refractivity contribution in [3.05, 3.63) is 60.8 Å². The number of allylic oxidation sites excluding steroid dienone is 9. The van der Waals surface area contributed by atoms with E-state index in [1.807, 2.05) is 33.3 Å². The highest BCUT2D eigenvalue weighted by Crippen LogP contribution is 2.38. The molecular formula is C72H135N2O7P. The molecule has 0 aromatic rings. The Morgan fingerprint density at radius 2 is 0.744 bits per heavy atom. The maximum atomic E-state index is 13.6. The molecule has 0 saturated heterocycles. The van der Waals surface area contributed by atoms with Crippen LogP contribution < -0.4 is 10.2 Å². The summed E-state index contributed by atoms with van der Waals surface area (Å²) in [5, 5.41) is 3.04. The van der Waals surface area contributed by atoms with Gasteiger partial charge in [-0.1, -0.05) is 307 Å². The molecule has 0 radical (unpaired) electrons. The van der Waals surface area contributed by atoms with E-state index in [2.05, 4.69) is 74.7 Å². The van der Waals surface area contributed by atoms with E-state index in [-0.39, 0.29) is 24.9 Å². The summed E-state index contributed by atoms with van der Waals surface area (Å²) in [6, 6.07) is -0.894. The maximum absolute atomic E-state index is 13.6. The van der Waals surface area contributed by atoms with E-state index in [1.165, 1.54) is 212 Å². The Kier molecular flexibility index (Phi) is 60.1. The molecule has 0 aromatic heterocycles. The standard InChI is InChI=1S/C72H135N2O7P/c1-7-10-13-16-19-22-25-28-30-32-34-36-37-39-40-42-44-46-49-52-55-58-61-64-71(75)73-69(68-80-82(77,78)79-67-66-74(4,5)6)70(63-60-57-54-51-48-27-24-21-18-15-12-9-3)81-72(76)65-62-59-56-53-50-47-45-43-41-38-35-33-31-29-26-23-20-17-14-11-8-2/h19,22,28,30,34,36,39-40,60,63,69-70H,7-18,20-21,23-27,29,31-33,35,37-38,41-59,61-62,64-68H2,1-6H3,(H-,73,75,77,78)/b22-19-,30-28-,36-34-,40-39-,63-60+. The Balaban J connectivity index is 5.11. The Morgan fingerprint density at radius 3 is 1.13 bits per heavy atom. The molecule has 1 amide bonds. The molecule has 0 aromatic carbocycles. The van der Waals surface area contributed by atoms with Crippen LogP contribution in [0.1, 0.15) is 335 Å². The van der Waals surface area contributed by atoms with E-state index >= 15 is 0 Å². The minimum atomic E-state index is -4.71. The first-order chi connectivity index (χ1) is 39.9. The first-order valence-corrected chi connectivity index (χ1v) is 36.6. The van der Waals surface area contributed by atoms with Gasteiger partial charge in [0.1, 0.15) is 19.3 Å². The van der Waals surface area contributed by atoms with Crippen LogP contribution in [0.3, 0.4) is 0 Å². The number of quaternary nitrogens is 1. The minimum absolute atomic E-state index is 0.0244. The largest absolute Gasteiger partial charge is 0.756 e. The van der Waals surface area contributed by atoms with Crippen LogP contribution in [0.4, 0.5) is 0 Å². The maximum Gasteiger partial charge on any atom is 0.306 e. The number of carbonyl (C=O) groups is 2. The van der Waals surface area contributed by atoms with Crippen molar-refractivity contribution in [3.63, 3.8) is 0 Å². The van der Waals surface area contributed by atoms with Gasteiger partial charge in [-0.15, -0.1) is 0 Å². The van der Waals surface area contributed by atoms with Crippen LogP contribution in [0.15, 0.2) is 60.8 Å². The lowest BCUT2D eigenvalue weighted by molar-refractivity contribution is -0.870. The van der Waals surface area contributed by atoms with Gasteiger partial charge in [-0.05, 0) is 76.7 Å². The molecule has 0 aliphatic rings. The van der Waals surface area contributed by atoms with Gasteiger partial charge in [0.05, 0.1) is 33.8 Å². The van der Waals surface area contributed by atoms with Crippen molar-refractivity contribution in [2.24, 2.45) is 0 Å². The molecule has 480 valence electrons. The zero-order valence-corrected chi connectivity index (χ0v) is 55.8. The molecule has 0 aliphatic carbocycles. The number of nitrogens with zero attached hydrogens (tertiary/aromatic N) is 1. The highest BCUT2D eigenvalue weighted by Gasteiger charge is 2.27. The fourth-order valence-corrected chi connectivity index (χ4v) is 11.0. The molecule has 0 bridgehead atoms. The molecule has 82 heavy (non-hydrogen) atoms. The molecule has 10 heteroatoms. The highest BCUT2D eigenvalue weighted by atomic mass is 31.2. The van der Waals surface area contributed by atoms with Crippen LogP contribution in [0, 0.1) is 0 Å². The number of rotatable bonds is 64. The predicted octanol–water partition coefficient (Wildman–Crippen LogP) is 21.5. The molecular weight excluding hydrogens is 1040 g/mol. The normalized spacial score (nSPS) is 13.9. The topological polar surface area (TPSA) is 114 Å². The molecule has 0 heterocycles. The quantitative estimate of drug-likeness (QED) is 0.0212. The van der Waals surface area contributed by atoms with Crippen molar-refractivity contribution in [2.45, 2.75) is 348 Å². The van der Waals surface area contributed by atoms with Gasteiger partial charge >= 0.3 is 5.97 Å². The third-order valence-corrected chi connectivity index (χ3v) is 16.7. The van der Waals surface area contributed by atoms with E-state index in [0.717, 1.165) is 89.9 Å². The Labute approximate surface area is 509 Å². The van der Waals surface area contributed by atoms with Crippen molar-refractivity contribution in [1.29, 1.82) is 0 Å². The first-order valence-electron chi connectivity index (χ1n) is 35.1. The molecule has 9 nitrogen and oxygen atoms in total. The summed E-state index contributed by atoms with van der Waals surface area (Å²) >= 11 is 0. The molecule has 0 aliphatic heterocycles. The summed E-state index contributed by atoms with van der Waals surface area (Å²) in [6.07, 6.45) is 79.1. The summed E-state index contributed by atoms with van der Waals surface area (Å²) in [5.41, 5.74) is 0. The lowest BCUT2D eigenvalue weighted by Gasteiger charge is -2.30. The van der Waals surface area contributed by atoms with Crippen molar-refractivity contribution in [3.8, 4) is 0 Å². The van der Waals surface area contributed by atoms with E-state index < -0.39 is 26.6 Å². The number of likely N-dealkylation sites (N-methyl/N-ethyl adjacent to an activating group) is 1. The first kappa shape index (κ1) is 79.7. The van der Waals surface area contributed by atoms with Gasteiger partial charge in [-0.25, -0.2) is 0 Å². The Hall–Kier alpha value is -2.29. The van der Waals surface area contributed by atoms with Gasteiger partial charge in [-0.2, -0.15) is 0 Å². The number of amides is 1. The number of phosphoric ester groups is 1. The van der Waals surface area contributed by atoms with Crippen LogP contribution in [0.5, 0.6) is 0 Å². The molecule has 0 rings (SSSR count). The summed E-state index contributed by atoms with van der Waals surface area (Å²) in [6.45, 7) is 6.85. The number of phosphoric acid groups is 1. The summed E-state index contributed by atoms with van der Waals surface area (Å²) in [7, 11) is 1.18. The number of unbranched alkanes of at least 4 members (excludes halogenated alkanes) is 40. The van der Waals surface area contributed by atoms with Crippen molar-refractivity contribution in [1.82, 2.24) is 5.32 Å². The monoisotopic (exact) mass is 1170 g/mol. The van der Waals surface area contributed by atoms with Crippen molar-refractivity contribution < 1.29 is 37.3 Å². The van der Waals surface area contributed by atoms with Crippen LogP contribution >= 0.6 is 7.82 Å². The van der Waals surface area contributed by atoms with Gasteiger partial charge in [0.25, 0.3) is 7.82 Å². The molecule has 0 fully saturated rings. The smallest absolute Gasteiger partial charge is 0.306 e. The number of esters is 1. The number of ether oxygens (including phenoxy) is 1. The van der Waals surface area contributed by atoms with Crippen LogP contribution in [-0.2, 0) is 27.9 Å². The second-order valence-electron chi connectivity index (χ2n) is 25.0. The van der Waals surface area contributed by atoms with Gasteiger partial charge < -0.3 is 28.5 Å². The fraction of sp³-hybridized carbons (Fsp3) is 0.833. The summed E-state index contributed by atoms with van der Waals surface area (Å²) in [4.78, 5) is 40.2. The average Bonchev–Trinajstić information content (AvgIpc) is 3.47. The zero-order valence-electron chi connectivity index (χ0n) is 54.9. The van der Waals surface area contributed by atoms with E-state index in [1.54, 1.807) is 0 Å². The molecule has 3 atom stereocenters. The lowest BCUT2D eigenvalue weighted by Crippen LogP contribution is -2.47. The van der Waals surface area contributed by atoms with Crippen molar-refractivity contribution >= 4 is 19.7 Å². The molecule has 1 N–H and O–H groups in total. The van der Waals surface area contributed by atoms with Gasteiger partial charge in [0, 0.05) is 12.8 Å². The Bertz CT molecular complexity index is 1590. The third kappa shape index (κ3) is 62.2. The van der Waals surface area contributed by atoms with Crippen LogP contribution in [-0.4, -0.2) is 69.4 Å². The van der Waals surface area contributed by atoms with E-state index in [4.69, 9.17) is 13.8 Å². The van der Waals surface area contributed by atoms with E-state index in [0.29, 0.717) is 17.4 Å². The predicted molar refractivity (Wildman–Crippen MR) is 353 cm³/mol. The van der Waals surface area contributed by atoms with Crippen LogP contribution in [0.2, 0.25) is 0 Å². The number of carbonyl (C=O) groups excluding carboxylic acids is 2. The average molecular weight is 1170 g/mol. The van der Waals surface area contributed by atoms with E-state index in [9.17, 15) is 19.0 Å². The number of hydrogen-bond donors (Lipinski definition) is 1. The number of nitrogens with one attached hydrogen (secondary N) is 1. The number of hydrogen-bond acceptors (Lipinski definition) is 7. The summed E-state index contributed by atoms with van der Waals surface area (Å²) < 4.78 is 30.4. The fourth-order valence-electron chi connectivity index (χ4n) is 10.3. The molecule has 0 saturated carbocycles. The van der Waals surface area contributed by atoms with Crippen molar-refractivity contribution in [2.75, 3.05) is 40.9 Å². The van der Waals surface area contributed by atoms with Gasteiger partial charge in [-0.3, -0.25) is 14.2 Å².